The summed E-state index contributed by atoms with van der Waals surface area (Å²) in [4.78, 5) is 15.9. The average Bonchev–Trinajstić information content (AvgIpc) is 2.52. The van der Waals surface area contributed by atoms with Gasteiger partial charge in [0.25, 0.3) is 5.91 Å². The summed E-state index contributed by atoms with van der Waals surface area (Å²) in [5, 5.41) is 13.3. The number of amides is 1. The fourth-order valence-corrected chi connectivity index (χ4v) is 2.09. The number of benzene rings is 1. The quantitative estimate of drug-likeness (QED) is 0.852. The van der Waals surface area contributed by atoms with Gasteiger partial charge in [-0.15, -0.1) is 0 Å². The minimum absolute atomic E-state index is 0.0538. The molecule has 0 aliphatic heterocycles. The first-order chi connectivity index (χ1) is 11.0. The lowest BCUT2D eigenvalue weighted by atomic mass is 10.1. The zero-order chi connectivity index (χ0) is 16.8. The maximum absolute atomic E-state index is 12.0. The number of ether oxygens (including phenoxy) is 1. The number of aromatic nitrogens is 1. The maximum Gasteiger partial charge on any atom is 0.269 e. The van der Waals surface area contributed by atoms with Crippen LogP contribution >= 0.6 is 11.6 Å². The van der Waals surface area contributed by atoms with Crippen LogP contribution in [0.15, 0.2) is 42.6 Å². The minimum atomic E-state index is -0.832. The highest BCUT2D eigenvalue weighted by molar-refractivity contribution is 6.30. The van der Waals surface area contributed by atoms with Crippen LogP contribution in [0.3, 0.4) is 0 Å². The number of aliphatic hydroxyl groups is 1. The van der Waals surface area contributed by atoms with Crippen molar-refractivity contribution in [3.05, 3.63) is 58.9 Å². The first kappa shape index (κ1) is 17.2. The SMILES string of the molecule is CC(C)Oc1cccc(C(O)CNC(=O)c2ccc(Cl)cn2)c1. The number of carbonyl (C=O) groups excluding carboxylic acids is 1. The zero-order valence-corrected chi connectivity index (χ0v) is 13.7. The molecule has 0 aliphatic carbocycles. The summed E-state index contributed by atoms with van der Waals surface area (Å²) in [7, 11) is 0. The summed E-state index contributed by atoms with van der Waals surface area (Å²) in [6.07, 6.45) is 0.625. The minimum Gasteiger partial charge on any atom is -0.491 e. The standard InChI is InChI=1S/C17H19ClN2O3/c1-11(2)23-14-5-3-4-12(8-14)16(21)10-20-17(22)15-7-6-13(18)9-19-15/h3-9,11,16,21H,10H2,1-2H3,(H,20,22). The van der Waals surface area contributed by atoms with E-state index in [1.54, 1.807) is 24.3 Å². The first-order valence-electron chi connectivity index (χ1n) is 7.30. The van der Waals surface area contributed by atoms with Crippen LogP contribution in [0.2, 0.25) is 5.02 Å². The van der Waals surface area contributed by atoms with Crippen LogP contribution in [0, 0.1) is 0 Å². The van der Waals surface area contributed by atoms with E-state index in [4.69, 9.17) is 16.3 Å². The van der Waals surface area contributed by atoms with Gasteiger partial charge in [-0.05, 0) is 43.7 Å². The van der Waals surface area contributed by atoms with Gasteiger partial charge in [-0.1, -0.05) is 23.7 Å². The highest BCUT2D eigenvalue weighted by Crippen LogP contribution is 2.20. The summed E-state index contributed by atoms with van der Waals surface area (Å²) < 4.78 is 5.59. The molecule has 0 saturated carbocycles. The molecule has 0 aliphatic rings. The van der Waals surface area contributed by atoms with Crippen molar-refractivity contribution in [2.75, 3.05) is 6.54 Å². The van der Waals surface area contributed by atoms with Gasteiger partial charge in [0.1, 0.15) is 11.4 Å². The van der Waals surface area contributed by atoms with Gasteiger partial charge >= 0.3 is 0 Å². The van der Waals surface area contributed by atoms with Crippen LogP contribution in [0.1, 0.15) is 36.0 Å². The fourth-order valence-electron chi connectivity index (χ4n) is 1.98. The molecule has 6 heteroatoms. The second-order valence-electron chi connectivity index (χ2n) is 5.33. The third-order valence-electron chi connectivity index (χ3n) is 3.03. The van der Waals surface area contributed by atoms with Crippen molar-refractivity contribution in [3.63, 3.8) is 0 Å². The van der Waals surface area contributed by atoms with Crippen LogP contribution in [-0.4, -0.2) is 28.6 Å². The molecule has 2 aromatic rings. The molecule has 122 valence electrons. The molecule has 5 nitrogen and oxygen atoms in total. The second-order valence-corrected chi connectivity index (χ2v) is 5.76. The Labute approximate surface area is 140 Å². The lowest BCUT2D eigenvalue weighted by molar-refractivity contribution is 0.0911. The van der Waals surface area contributed by atoms with Crippen molar-refractivity contribution >= 4 is 17.5 Å². The lowest BCUT2D eigenvalue weighted by Gasteiger charge is -2.15. The van der Waals surface area contributed by atoms with E-state index in [0.717, 1.165) is 0 Å². The normalized spacial score (nSPS) is 12.0. The van der Waals surface area contributed by atoms with Gasteiger partial charge < -0.3 is 15.2 Å². The highest BCUT2D eigenvalue weighted by Gasteiger charge is 2.12. The number of hydrogen-bond acceptors (Lipinski definition) is 4. The van der Waals surface area contributed by atoms with Gasteiger partial charge in [0.15, 0.2) is 0 Å². The van der Waals surface area contributed by atoms with Crippen molar-refractivity contribution in [2.45, 2.75) is 26.1 Å². The molecule has 1 aromatic carbocycles. The Bertz CT molecular complexity index is 659. The van der Waals surface area contributed by atoms with E-state index in [-0.39, 0.29) is 24.2 Å². The summed E-state index contributed by atoms with van der Waals surface area (Å²) in [5.74, 6) is 0.317. The summed E-state index contributed by atoms with van der Waals surface area (Å²) in [6, 6.07) is 10.3. The van der Waals surface area contributed by atoms with Gasteiger partial charge in [-0.25, -0.2) is 4.98 Å². The van der Waals surface area contributed by atoms with Crippen LogP contribution in [0.4, 0.5) is 0 Å². The van der Waals surface area contributed by atoms with Gasteiger partial charge in [0.05, 0.1) is 17.2 Å². The number of pyridine rings is 1. The van der Waals surface area contributed by atoms with Gasteiger partial charge in [-0.3, -0.25) is 4.79 Å². The maximum atomic E-state index is 12.0. The van der Waals surface area contributed by atoms with E-state index in [2.05, 4.69) is 10.3 Å². The van der Waals surface area contributed by atoms with Crippen LogP contribution in [-0.2, 0) is 0 Å². The molecule has 2 rings (SSSR count). The molecule has 0 radical (unpaired) electrons. The number of rotatable bonds is 6. The van der Waals surface area contributed by atoms with E-state index < -0.39 is 6.10 Å². The monoisotopic (exact) mass is 334 g/mol. The summed E-state index contributed by atoms with van der Waals surface area (Å²) in [5.41, 5.74) is 0.922. The number of aliphatic hydroxyl groups excluding tert-OH is 1. The summed E-state index contributed by atoms with van der Waals surface area (Å²) >= 11 is 5.73. The molecule has 23 heavy (non-hydrogen) atoms. The predicted octanol–water partition coefficient (Wildman–Crippen LogP) is 2.99. The molecule has 0 saturated heterocycles. The van der Waals surface area contributed by atoms with Crippen LogP contribution in [0.5, 0.6) is 5.75 Å². The van der Waals surface area contributed by atoms with Gasteiger partial charge in [0, 0.05) is 12.7 Å². The van der Waals surface area contributed by atoms with Crippen LogP contribution in [0.25, 0.3) is 0 Å². The van der Waals surface area contributed by atoms with Gasteiger partial charge in [-0.2, -0.15) is 0 Å². The van der Waals surface area contributed by atoms with Crippen molar-refractivity contribution in [1.29, 1.82) is 0 Å². The third kappa shape index (κ3) is 5.23. The molecule has 1 amide bonds. The Morgan fingerprint density at radius 2 is 2.13 bits per heavy atom. The Morgan fingerprint density at radius 1 is 1.35 bits per heavy atom. The topological polar surface area (TPSA) is 71.5 Å². The highest BCUT2D eigenvalue weighted by atomic mass is 35.5. The fraction of sp³-hybridized carbons (Fsp3) is 0.294. The molecule has 2 N–H and O–H groups in total. The Morgan fingerprint density at radius 3 is 2.78 bits per heavy atom. The second kappa shape index (κ2) is 7.94. The van der Waals surface area contributed by atoms with E-state index in [1.807, 2.05) is 19.9 Å². The first-order valence-corrected chi connectivity index (χ1v) is 7.68. The van der Waals surface area contributed by atoms with Crippen LogP contribution < -0.4 is 10.1 Å². The third-order valence-corrected chi connectivity index (χ3v) is 3.25. The molecule has 0 bridgehead atoms. The predicted molar refractivity (Wildman–Crippen MR) is 88.7 cm³/mol. The number of hydrogen-bond donors (Lipinski definition) is 2. The van der Waals surface area contributed by atoms with Crippen molar-refractivity contribution < 1.29 is 14.6 Å². The average molecular weight is 335 g/mol. The molecule has 1 heterocycles. The Kier molecular flexibility index (Phi) is 5.96. The smallest absolute Gasteiger partial charge is 0.269 e. The van der Waals surface area contributed by atoms with E-state index in [0.29, 0.717) is 16.3 Å². The molecule has 0 spiro atoms. The van der Waals surface area contributed by atoms with E-state index in [1.165, 1.54) is 12.3 Å². The molecule has 1 aromatic heterocycles. The van der Waals surface area contributed by atoms with E-state index in [9.17, 15) is 9.90 Å². The summed E-state index contributed by atoms with van der Waals surface area (Å²) in [6.45, 7) is 3.94. The molecule has 1 unspecified atom stereocenters. The van der Waals surface area contributed by atoms with E-state index >= 15 is 0 Å². The largest absolute Gasteiger partial charge is 0.491 e. The molecule has 1 atom stereocenters. The molecule has 0 fully saturated rings. The van der Waals surface area contributed by atoms with Crippen molar-refractivity contribution in [1.82, 2.24) is 10.3 Å². The van der Waals surface area contributed by atoms with Crippen molar-refractivity contribution in [2.24, 2.45) is 0 Å². The number of carbonyl (C=O) groups is 1. The van der Waals surface area contributed by atoms with Crippen molar-refractivity contribution in [3.8, 4) is 5.75 Å². The van der Waals surface area contributed by atoms with Gasteiger partial charge in [0.2, 0.25) is 0 Å². The number of nitrogens with one attached hydrogen (secondary N) is 1. The Balaban J connectivity index is 1.95. The molecular weight excluding hydrogens is 316 g/mol. The number of nitrogens with zero attached hydrogens (tertiary/aromatic N) is 1. The Hall–Kier alpha value is -2.11. The lowest BCUT2D eigenvalue weighted by Crippen LogP contribution is -2.29. The molecular formula is C17H19ClN2O3. The zero-order valence-electron chi connectivity index (χ0n) is 13.0. The number of halogens is 1.